The fraction of sp³-hybridized carbons (Fsp3) is 0.538. The normalized spacial score (nSPS) is 28.5. The summed E-state index contributed by atoms with van der Waals surface area (Å²) in [5, 5.41) is 0. The summed E-state index contributed by atoms with van der Waals surface area (Å²) >= 11 is 5.75. The molecular weight excluding hydrogens is 240 g/mol. The van der Waals surface area contributed by atoms with E-state index in [1.54, 1.807) is 0 Å². The monoisotopic (exact) mass is 256 g/mol. The van der Waals surface area contributed by atoms with Crippen LogP contribution in [0.1, 0.15) is 12.5 Å². The summed E-state index contributed by atoms with van der Waals surface area (Å²) in [5.74, 6) is -0.315. The van der Waals surface area contributed by atoms with E-state index in [9.17, 15) is 0 Å². The number of alkyl halides is 1. The van der Waals surface area contributed by atoms with Gasteiger partial charge in [0.1, 0.15) is 6.10 Å². The lowest BCUT2D eigenvalue weighted by atomic mass is 10.2. The van der Waals surface area contributed by atoms with Crippen LogP contribution in [-0.2, 0) is 20.8 Å². The van der Waals surface area contributed by atoms with E-state index >= 15 is 0 Å². The van der Waals surface area contributed by atoms with Gasteiger partial charge in [0.15, 0.2) is 5.79 Å². The van der Waals surface area contributed by atoms with E-state index in [-0.39, 0.29) is 6.10 Å². The van der Waals surface area contributed by atoms with Crippen molar-refractivity contribution in [1.82, 2.24) is 0 Å². The van der Waals surface area contributed by atoms with Gasteiger partial charge < -0.3 is 14.2 Å². The van der Waals surface area contributed by atoms with Gasteiger partial charge in [0.05, 0.1) is 25.7 Å². The molecule has 94 valence electrons. The molecule has 0 aliphatic carbocycles. The van der Waals surface area contributed by atoms with Crippen LogP contribution in [-0.4, -0.2) is 31.0 Å². The summed E-state index contributed by atoms with van der Waals surface area (Å²) in [7, 11) is 0. The number of halogens is 1. The SMILES string of the molecule is CC1(CCl)OCC(COCc2ccccc2)O1. The Balaban J connectivity index is 1.70. The maximum Gasteiger partial charge on any atom is 0.179 e. The highest BCUT2D eigenvalue weighted by molar-refractivity contribution is 6.18. The van der Waals surface area contributed by atoms with E-state index in [2.05, 4.69) is 0 Å². The molecular formula is C13H17ClO3. The van der Waals surface area contributed by atoms with Crippen LogP contribution < -0.4 is 0 Å². The second-order valence-electron chi connectivity index (χ2n) is 4.32. The highest BCUT2D eigenvalue weighted by Gasteiger charge is 2.36. The zero-order valence-electron chi connectivity index (χ0n) is 9.90. The standard InChI is InChI=1S/C13H17ClO3/c1-13(10-14)16-9-12(17-13)8-15-7-11-5-3-2-4-6-11/h2-6,12H,7-10H2,1H3. The Kier molecular flexibility index (Phi) is 4.40. The first-order valence-electron chi connectivity index (χ1n) is 5.71. The zero-order valence-corrected chi connectivity index (χ0v) is 10.7. The van der Waals surface area contributed by atoms with Gasteiger partial charge in [-0.1, -0.05) is 30.3 Å². The fourth-order valence-corrected chi connectivity index (χ4v) is 1.86. The van der Waals surface area contributed by atoms with Gasteiger partial charge in [-0.2, -0.15) is 0 Å². The molecule has 0 bridgehead atoms. The summed E-state index contributed by atoms with van der Waals surface area (Å²) in [5.41, 5.74) is 1.16. The molecule has 0 amide bonds. The third-order valence-corrected chi connectivity index (χ3v) is 3.13. The van der Waals surface area contributed by atoms with E-state index in [0.717, 1.165) is 5.56 Å². The lowest BCUT2D eigenvalue weighted by molar-refractivity contribution is -0.142. The fourth-order valence-electron chi connectivity index (χ4n) is 1.72. The van der Waals surface area contributed by atoms with Gasteiger partial charge in [0.25, 0.3) is 0 Å². The Morgan fingerprint density at radius 1 is 1.41 bits per heavy atom. The second kappa shape index (κ2) is 5.83. The molecule has 2 rings (SSSR count). The van der Waals surface area contributed by atoms with Gasteiger partial charge in [0, 0.05) is 0 Å². The number of hydrogen-bond acceptors (Lipinski definition) is 3. The highest BCUT2D eigenvalue weighted by Crippen LogP contribution is 2.24. The molecule has 1 saturated heterocycles. The van der Waals surface area contributed by atoms with Gasteiger partial charge in [-0.15, -0.1) is 11.6 Å². The quantitative estimate of drug-likeness (QED) is 0.758. The Hall–Kier alpha value is -0.610. The van der Waals surface area contributed by atoms with Crippen LogP contribution in [0.15, 0.2) is 30.3 Å². The van der Waals surface area contributed by atoms with E-state index < -0.39 is 5.79 Å². The molecule has 17 heavy (non-hydrogen) atoms. The first-order valence-corrected chi connectivity index (χ1v) is 6.25. The minimum Gasteiger partial charge on any atom is -0.374 e. The first-order chi connectivity index (χ1) is 8.22. The maximum atomic E-state index is 5.75. The minimum atomic E-state index is -0.650. The molecule has 0 radical (unpaired) electrons. The van der Waals surface area contributed by atoms with Crippen molar-refractivity contribution in [3.8, 4) is 0 Å². The van der Waals surface area contributed by atoms with Crippen LogP contribution >= 0.6 is 11.6 Å². The zero-order chi connectivity index (χ0) is 12.1. The van der Waals surface area contributed by atoms with Crippen molar-refractivity contribution >= 4 is 11.6 Å². The number of ether oxygens (including phenoxy) is 3. The summed E-state index contributed by atoms with van der Waals surface area (Å²) < 4.78 is 16.7. The molecule has 1 aliphatic heterocycles. The molecule has 0 saturated carbocycles. The number of rotatable bonds is 5. The Labute approximate surface area is 107 Å². The topological polar surface area (TPSA) is 27.7 Å². The third-order valence-electron chi connectivity index (χ3n) is 2.65. The molecule has 0 aromatic heterocycles. The molecule has 1 aliphatic rings. The number of benzene rings is 1. The Morgan fingerprint density at radius 2 is 2.18 bits per heavy atom. The third kappa shape index (κ3) is 3.68. The minimum absolute atomic E-state index is 0.0255. The maximum absolute atomic E-state index is 5.75. The van der Waals surface area contributed by atoms with Crippen molar-refractivity contribution in [2.45, 2.75) is 25.4 Å². The van der Waals surface area contributed by atoms with Crippen LogP contribution in [0.5, 0.6) is 0 Å². The van der Waals surface area contributed by atoms with Crippen molar-refractivity contribution in [2.75, 3.05) is 19.1 Å². The molecule has 1 aromatic carbocycles. The molecule has 4 heteroatoms. The van der Waals surface area contributed by atoms with E-state index in [4.69, 9.17) is 25.8 Å². The molecule has 0 spiro atoms. The van der Waals surface area contributed by atoms with Gasteiger partial charge in [-0.25, -0.2) is 0 Å². The van der Waals surface area contributed by atoms with E-state index in [1.165, 1.54) is 0 Å². The van der Waals surface area contributed by atoms with Crippen LogP contribution in [0.4, 0.5) is 0 Å². The van der Waals surface area contributed by atoms with Crippen molar-refractivity contribution in [1.29, 1.82) is 0 Å². The molecule has 3 nitrogen and oxygen atoms in total. The number of hydrogen-bond donors (Lipinski definition) is 0. The van der Waals surface area contributed by atoms with Gasteiger partial charge in [-0.3, -0.25) is 0 Å². The first kappa shape index (κ1) is 12.8. The van der Waals surface area contributed by atoms with Crippen molar-refractivity contribution in [2.24, 2.45) is 0 Å². The van der Waals surface area contributed by atoms with Crippen LogP contribution in [0.25, 0.3) is 0 Å². The predicted molar refractivity (Wildman–Crippen MR) is 66.0 cm³/mol. The second-order valence-corrected chi connectivity index (χ2v) is 4.59. The van der Waals surface area contributed by atoms with Gasteiger partial charge in [-0.05, 0) is 12.5 Å². The van der Waals surface area contributed by atoms with Crippen molar-refractivity contribution in [3.05, 3.63) is 35.9 Å². The summed E-state index contributed by atoms with van der Waals surface area (Å²) in [4.78, 5) is 0. The molecule has 0 N–H and O–H groups in total. The average molecular weight is 257 g/mol. The van der Waals surface area contributed by atoms with Gasteiger partial charge >= 0.3 is 0 Å². The van der Waals surface area contributed by atoms with Crippen molar-refractivity contribution < 1.29 is 14.2 Å². The van der Waals surface area contributed by atoms with Gasteiger partial charge in [0.2, 0.25) is 0 Å². The molecule has 1 heterocycles. The Bertz CT molecular complexity index is 344. The van der Waals surface area contributed by atoms with E-state index in [0.29, 0.717) is 25.7 Å². The van der Waals surface area contributed by atoms with E-state index in [1.807, 2.05) is 37.3 Å². The smallest absolute Gasteiger partial charge is 0.179 e. The lowest BCUT2D eigenvalue weighted by Crippen LogP contribution is -2.29. The molecule has 2 unspecified atom stereocenters. The van der Waals surface area contributed by atoms with Crippen LogP contribution in [0.3, 0.4) is 0 Å². The molecule has 1 fully saturated rings. The largest absolute Gasteiger partial charge is 0.374 e. The van der Waals surface area contributed by atoms with Crippen LogP contribution in [0.2, 0.25) is 0 Å². The summed E-state index contributed by atoms with van der Waals surface area (Å²) in [6.45, 7) is 3.51. The summed E-state index contributed by atoms with van der Waals surface area (Å²) in [6.07, 6.45) is -0.0255. The molecule has 1 aromatic rings. The van der Waals surface area contributed by atoms with Crippen LogP contribution in [0, 0.1) is 0 Å². The highest BCUT2D eigenvalue weighted by atomic mass is 35.5. The predicted octanol–water partition coefficient (Wildman–Crippen LogP) is 2.57. The van der Waals surface area contributed by atoms with Crippen molar-refractivity contribution in [3.63, 3.8) is 0 Å². The average Bonchev–Trinajstić information content (AvgIpc) is 2.74. The summed E-state index contributed by atoms with van der Waals surface area (Å²) in [6, 6.07) is 10.1. The Morgan fingerprint density at radius 3 is 2.82 bits per heavy atom. The molecule has 2 atom stereocenters. The lowest BCUT2D eigenvalue weighted by Gasteiger charge is -2.19.